The molecule has 0 N–H and O–H groups in total. The number of fused-ring (bicyclic) bond motifs is 1. The molecular formula is C19H16F3N5O3S. The molecule has 8 nitrogen and oxygen atoms in total. The first kappa shape index (κ1) is 21.0. The zero-order valence-electron chi connectivity index (χ0n) is 16.4. The first-order chi connectivity index (χ1) is 14.4. The van der Waals surface area contributed by atoms with Crippen LogP contribution in [0.5, 0.6) is 0 Å². The number of sulfone groups is 1. The number of rotatable bonds is 4. The summed E-state index contributed by atoms with van der Waals surface area (Å²) in [6.45, 7) is 0.513. The predicted octanol–water partition coefficient (Wildman–Crippen LogP) is 2.77. The van der Waals surface area contributed by atoms with Gasteiger partial charge in [-0.1, -0.05) is 0 Å². The smallest absolute Gasteiger partial charge is 0.299 e. The number of halogens is 3. The normalized spacial score (nSPS) is 14.2. The van der Waals surface area contributed by atoms with Crippen LogP contribution >= 0.6 is 0 Å². The number of nitrogens with zero attached hydrogens (tertiary/aromatic N) is 5. The number of hydrogen-bond acceptors (Lipinski definition) is 6. The molecule has 0 saturated heterocycles. The van der Waals surface area contributed by atoms with Crippen molar-refractivity contribution in [3.63, 3.8) is 0 Å². The van der Waals surface area contributed by atoms with Crippen molar-refractivity contribution in [2.24, 2.45) is 0 Å². The Bertz CT molecular complexity index is 1300. The maximum absolute atomic E-state index is 12.9. The van der Waals surface area contributed by atoms with Gasteiger partial charge in [-0.2, -0.15) is 18.3 Å². The van der Waals surface area contributed by atoms with Crippen LogP contribution in [0, 0.1) is 6.92 Å². The first-order valence-corrected chi connectivity index (χ1v) is 10.9. The fraction of sp³-hybridized carbons (Fsp3) is 0.263. The van der Waals surface area contributed by atoms with E-state index in [1.165, 1.54) is 29.6 Å². The monoisotopic (exact) mass is 451 g/mol. The van der Waals surface area contributed by atoms with Crippen molar-refractivity contribution >= 4 is 21.4 Å². The summed E-state index contributed by atoms with van der Waals surface area (Å²) in [5.41, 5.74) is 2.55. The summed E-state index contributed by atoms with van der Waals surface area (Å²) >= 11 is 0. The van der Waals surface area contributed by atoms with Crippen molar-refractivity contribution in [2.45, 2.75) is 31.1 Å². The number of aromatic nitrogens is 4. The second-order valence-corrected chi connectivity index (χ2v) is 9.25. The number of anilines is 1. The van der Waals surface area contributed by atoms with Crippen molar-refractivity contribution in [3.05, 3.63) is 53.7 Å². The summed E-state index contributed by atoms with van der Waals surface area (Å²) < 4.78 is 62.1. The molecule has 3 aromatic heterocycles. The Morgan fingerprint density at radius 1 is 1.16 bits per heavy atom. The van der Waals surface area contributed by atoms with Gasteiger partial charge >= 0.3 is 6.18 Å². The number of pyridine rings is 2. The second-order valence-electron chi connectivity index (χ2n) is 7.23. The maximum Gasteiger partial charge on any atom is 0.408 e. The maximum atomic E-state index is 12.9. The molecule has 0 radical (unpaired) electrons. The van der Waals surface area contributed by atoms with Gasteiger partial charge in [-0.25, -0.2) is 8.42 Å². The van der Waals surface area contributed by atoms with Gasteiger partial charge in [0.15, 0.2) is 9.84 Å². The largest absolute Gasteiger partial charge is 0.408 e. The predicted molar refractivity (Wildman–Crippen MR) is 104 cm³/mol. The highest BCUT2D eigenvalue weighted by Gasteiger charge is 2.34. The van der Waals surface area contributed by atoms with Gasteiger partial charge in [0.1, 0.15) is 6.54 Å². The van der Waals surface area contributed by atoms with E-state index < -0.39 is 22.6 Å². The van der Waals surface area contributed by atoms with E-state index >= 15 is 0 Å². The molecule has 0 atom stereocenters. The Hall–Kier alpha value is -3.28. The lowest BCUT2D eigenvalue weighted by atomic mass is 10.1. The van der Waals surface area contributed by atoms with E-state index in [1.807, 2.05) is 0 Å². The SMILES string of the molecule is Cc1cc(-c2cncc(S(C)(=O)=O)c2)nc2c1C(=O)N(c1cnn(CC(F)(F)F)c1)C2. The summed E-state index contributed by atoms with van der Waals surface area (Å²) in [4.78, 5) is 22.7. The molecule has 162 valence electrons. The molecule has 1 aliphatic rings. The van der Waals surface area contributed by atoms with Crippen LogP contribution in [0.4, 0.5) is 18.9 Å². The molecular weight excluding hydrogens is 435 g/mol. The highest BCUT2D eigenvalue weighted by molar-refractivity contribution is 7.90. The van der Waals surface area contributed by atoms with Gasteiger partial charge in [-0.3, -0.25) is 24.3 Å². The second kappa shape index (κ2) is 7.15. The van der Waals surface area contributed by atoms with Gasteiger partial charge in [0, 0.05) is 30.4 Å². The van der Waals surface area contributed by atoms with Gasteiger partial charge in [-0.05, 0) is 24.6 Å². The lowest BCUT2D eigenvalue weighted by molar-refractivity contribution is -0.142. The van der Waals surface area contributed by atoms with E-state index in [2.05, 4.69) is 15.1 Å². The summed E-state index contributed by atoms with van der Waals surface area (Å²) in [5.74, 6) is -0.388. The Labute approximate surface area is 175 Å². The van der Waals surface area contributed by atoms with E-state index in [-0.39, 0.29) is 23.0 Å². The van der Waals surface area contributed by atoms with Crippen LogP contribution in [0.25, 0.3) is 11.3 Å². The number of aryl methyl sites for hydroxylation is 1. The Morgan fingerprint density at radius 2 is 1.90 bits per heavy atom. The van der Waals surface area contributed by atoms with Crippen molar-refractivity contribution in [1.29, 1.82) is 0 Å². The minimum absolute atomic E-state index is 0.0414. The summed E-state index contributed by atoms with van der Waals surface area (Å²) in [6.07, 6.45) is 1.72. The fourth-order valence-corrected chi connectivity index (χ4v) is 3.98. The third-order valence-electron chi connectivity index (χ3n) is 4.77. The first-order valence-electron chi connectivity index (χ1n) is 8.99. The molecule has 0 aliphatic carbocycles. The van der Waals surface area contributed by atoms with Crippen molar-refractivity contribution in [1.82, 2.24) is 19.7 Å². The highest BCUT2D eigenvalue weighted by atomic mass is 32.2. The van der Waals surface area contributed by atoms with Gasteiger partial charge in [0.05, 0.1) is 40.3 Å². The van der Waals surface area contributed by atoms with Crippen molar-refractivity contribution < 1.29 is 26.4 Å². The van der Waals surface area contributed by atoms with Crippen molar-refractivity contribution in [2.75, 3.05) is 11.2 Å². The highest BCUT2D eigenvalue weighted by Crippen LogP contribution is 2.32. The van der Waals surface area contributed by atoms with Gasteiger partial charge < -0.3 is 0 Å². The molecule has 0 saturated carbocycles. The van der Waals surface area contributed by atoms with Crippen LogP contribution in [-0.4, -0.2) is 46.5 Å². The zero-order valence-corrected chi connectivity index (χ0v) is 17.2. The molecule has 0 fully saturated rings. The lowest BCUT2D eigenvalue weighted by Gasteiger charge is -2.12. The van der Waals surface area contributed by atoms with E-state index in [4.69, 9.17) is 0 Å². The molecule has 4 heterocycles. The van der Waals surface area contributed by atoms with Crippen LogP contribution in [0.3, 0.4) is 0 Å². The molecule has 1 amide bonds. The number of carbonyl (C=O) groups excluding carboxylic acids is 1. The Kier molecular flexibility index (Phi) is 4.84. The van der Waals surface area contributed by atoms with Crippen LogP contribution < -0.4 is 4.90 Å². The zero-order chi connectivity index (χ0) is 22.6. The summed E-state index contributed by atoms with van der Waals surface area (Å²) in [5, 5.41) is 3.68. The van der Waals surface area contributed by atoms with Crippen LogP contribution in [0.15, 0.2) is 41.8 Å². The van der Waals surface area contributed by atoms with Gasteiger partial charge in [-0.15, -0.1) is 0 Å². The third kappa shape index (κ3) is 4.15. The third-order valence-corrected chi connectivity index (χ3v) is 5.85. The molecule has 3 aromatic rings. The topological polar surface area (TPSA) is 98.1 Å². The van der Waals surface area contributed by atoms with Crippen LogP contribution in [0.2, 0.25) is 0 Å². The molecule has 1 aliphatic heterocycles. The van der Waals surface area contributed by atoms with Crippen LogP contribution in [-0.2, 0) is 22.9 Å². The average molecular weight is 451 g/mol. The van der Waals surface area contributed by atoms with Crippen molar-refractivity contribution in [3.8, 4) is 11.3 Å². The molecule has 0 unspecified atom stereocenters. The molecule has 31 heavy (non-hydrogen) atoms. The lowest BCUT2D eigenvalue weighted by Crippen LogP contribution is -2.23. The van der Waals surface area contributed by atoms with E-state index in [0.29, 0.717) is 28.1 Å². The summed E-state index contributed by atoms with van der Waals surface area (Å²) in [7, 11) is -3.46. The molecule has 12 heteroatoms. The number of carbonyl (C=O) groups is 1. The van der Waals surface area contributed by atoms with Crippen LogP contribution in [0.1, 0.15) is 21.6 Å². The number of alkyl halides is 3. The average Bonchev–Trinajstić information content (AvgIpc) is 3.24. The minimum atomic E-state index is -4.43. The number of amides is 1. The van der Waals surface area contributed by atoms with Gasteiger partial charge in [0.2, 0.25) is 0 Å². The fourth-order valence-electron chi connectivity index (χ4n) is 3.38. The number of hydrogen-bond donors (Lipinski definition) is 0. The van der Waals surface area contributed by atoms with Gasteiger partial charge in [0.25, 0.3) is 5.91 Å². The quantitative estimate of drug-likeness (QED) is 0.605. The van der Waals surface area contributed by atoms with E-state index in [1.54, 1.807) is 13.0 Å². The summed E-state index contributed by atoms with van der Waals surface area (Å²) in [6, 6.07) is 3.10. The van der Waals surface area contributed by atoms with E-state index in [0.717, 1.165) is 17.1 Å². The Balaban J connectivity index is 1.68. The molecule has 0 bridgehead atoms. The Morgan fingerprint density at radius 3 is 2.58 bits per heavy atom. The minimum Gasteiger partial charge on any atom is -0.299 e. The van der Waals surface area contributed by atoms with E-state index in [9.17, 15) is 26.4 Å². The molecule has 0 aromatic carbocycles. The molecule has 4 rings (SSSR count). The standard InChI is InChI=1S/C19H16F3N5O3S/c1-11-3-15(12-4-14(7-23-5-12)31(2,29)30)25-16-9-27(18(28)17(11)16)13-6-24-26(8-13)10-19(20,21)22/h3-8H,9-10H2,1-2H3. The molecule has 0 spiro atoms.